The van der Waals surface area contributed by atoms with Crippen LogP contribution in [0.1, 0.15) is 28.4 Å². The Balaban J connectivity index is 2.10. The van der Waals surface area contributed by atoms with Crippen LogP contribution >= 0.6 is 0 Å². The molecule has 0 atom stereocenters. The lowest BCUT2D eigenvalue weighted by molar-refractivity contribution is -0.384. The molecule has 2 aromatic carbocycles. The molecular formula is C17H15N3O4. The molecule has 0 unspecified atom stereocenters. The average Bonchev–Trinajstić information content (AvgIpc) is 2.60. The van der Waals surface area contributed by atoms with Crippen LogP contribution < -0.4 is 5.32 Å². The van der Waals surface area contributed by atoms with Crippen molar-refractivity contribution >= 4 is 17.3 Å². The standard InChI is InChI=1S/C17H15N3O4/c1-2-19-15-8-7-14(9-16(15)20(22)23)17(21)24-11-13-5-3-12(10-18)4-6-13/h3-9,19H,2,11H2,1H3. The van der Waals surface area contributed by atoms with E-state index in [2.05, 4.69) is 5.32 Å². The molecule has 0 heterocycles. The SMILES string of the molecule is CCNc1ccc(C(=O)OCc2ccc(C#N)cc2)cc1[N+](=O)[O-]. The molecule has 0 aliphatic heterocycles. The zero-order valence-electron chi connectivity index (χ0n) is 13.0. The van der Waals surface area contributed by atoms with Gasteiger partial charge in [-0.3, -0.25) is 10.1 Å². The van der Waals surface area contributed by atoms with Gasteiger partial charge < -0.3 is 10.1 Å². The van der Waals surface area contributed by atoms with Gasteiger partial charge in [0.15, 0.2) is 0 Å². The monoisotopic (exact) mass is 325 g/mol. The van der Waals surface area contributed by atoms with E-state index in [-0.39, 0.29) is 17.9 Å². The summed E-state index contributed by atoms with van der Waals surface area (Å²) in [6.07, 6.45) is 0. The van der Waals surface area contributed by atoms with Crippen molar-refractivity contribution in [2.24, 2.45) is 0 Å². The molecule has 0 amide bonds. The van der Waals surface area contributed by atoms with E-state index < -0.39 is 10.9 Å². The second-order valence-electron chi connectivity index (χ2n) is 4.90. The van der Waals surface area contributed by atoms with Gasteiger partial charge in [-0.15, -0.1) is 0 Å². The fraction of sp³-hybridized carbons (Fsp3) is 0.176. The summed E-state index contributed by atoms with van der Waals surface area (Å²) in [4.78, 5) is 22.6. The molecular weight excluding hydrogens is 310 g/mol. The maximum absolute atomic E-state index is 12.1. The van der Waals surface area contributed by atoms with Gasteiger partial charge in [0.05, 0.1) is 22.1 Å². The van der Waals surface area contributed by atoms with Gasteiger partial charge in [-0.25, -0.2) is 4.79 Å². The van der Waals surface area contributed by atoms with Crippen LogP contribution in [0.15, 0.2) is 42.5 Å². The van der Waals surface area contributed by atoms with Gasteiger partial charge in [0.25, 0.3) is 5.69 Å². The van der Waals surface area contributed by atoms with Gasteiger partial charge in [-0.2, -0.15) is 5.26 Å². The first kappa shape index (κ1) is 17.0. The van der Waals surface area contributed by atoms with Crippen molar-refractivity contribution in [3.05, 3.63) is 69.3 Å². The summed E-state index contributed by atoms with van der Waals surface area (Å²) in [5.41, 5.74) is 1.52. The van der Waals surface area contributed by atoms with E-state index >= 15 is 0 Å². The van der Waals surface area contributed by atoms with Gasteiger partial charge in [0.1, 0.15) is 12.3 Å². The lowest BCUT2D eigenvalue weighted by atomic mass is 10.1. The average molecular weight is 325 g/mol. The minimum absolute atomic E-state index is 0.0211. The molecule has 0 spiro atoms. The minimum Gasteiger partial charge on any atom is -0.457 e. The van der Waals surface area contributed by atoms with E-state index in [0.717, 1.165) is 5.56 Å². The number of carbonyl (C=O) groups is 1. The van der Waals surface area contributed by atoms with Gasteiger partial charge in [-0.1, -0.05) is 12.1 Å². The van der Waals surface area contributed by atoms with Crippen LogP contribution in [0.3, 0.4) is 0 Å². The van der Waals surface area contributed by atoms with Crippen LogP contribution in [0.5, 0.6) is 0 Å². The van der Waals surface area contributed by atoms with E-state index in [1.807, 2.05) is 13.0 Å². The molecule has 2 rings (SSSR count). The van der Waals surface area contributed by atoms with Crippen molar-refractivity contribution in [2.75, 3.05) is 11.9 Å². The van der Waals surface area contributed by atoms with Crippen molar-refractivity contribution in [1.29, 1.82) is 5.26 Å². The number of nitriles is 1. The summed E-state index contributed by atoms with van der Waals surface area (Å²) in [5.74, 6) is -0.648. The molecule has 0 aliphatic rings. The Labute approximate surface area is 138 Å². The molecule has 0 bridgehead atoms. The van der Waals surface area contributed by atoms with Crippen molar-refractivity contribution in [1.82, 2.24) is 0 Å². The Morgan fingerprint density at radius 2 is 2.00 bits per heavy atom. The van der Waals surface area contributed by atoms with E-state index in [4.69, 9.17) is 10.00 Å². The largest absolute Gasteiger partial charge is 0.457 e. The molecule has 0 fully saturated rings. The van der Waals surface area contributed by atoms with Gasteiger partial charge in [-0.05, 0) is 36.8 Å². The Morgan fingerprint density at radius 1 is 1.29 bits per heavy atom. The molecule has 0 saturated heterocycles. The number of carbonyl (C=O) groups excluding carboxylic acids is 1. The fourth-order valence-electron chi connectivity index (χ4n) is 2.06. The normalized spacial score (nSPS) is 9.83. The predicted octanol–water partition coefficient (Wildman–Crippen LogP) is 3.26. The van der Waals surface area contributed by atoms with E-state index in [1.165, 1.54) is 18.2 Å². The Hall–Kier alpha value is -3.40. The lowest BCUT2D eigenvalue weighted by Crippen LogP contribution is -2.07. The summed E-state index contributed by atoms with van der Waals surface area (Å²) in [6.45, 7) is 2.38. The van der Waals surface area contributed by atoms with Crippen LogP contribution in [0.4, 0.5) is 11.4 Å². The zero-order chi connectivity index (χ0) is 17.5. The highest BCUT2D eigenvalue weighted by atomic mass is 16.6. The van der Waals surface area contributed by atoms with Crippen LogP contribution in [-0.4, -0.2) is 17.4 Å². The number of hydrogen-bond acceptors (Lipinski definition) is 6. The Kier molecular flexibility index (Phi) is 5.47. The smallest absolute Gasteiger partial charge is 0.338 e. The number of ether oxygens (including phenoxy) is 1. The van der Waals surface area contributed by atoms with Crippen LogP contribution in [0.2, 0.25) is 0 Å². The first-order valence-electron chi connectivity index (χ1n) is 7.23. The summed E-state index contributed by atoms with van der Waals surface area (Å²) < 4.78 is 5.16. The zero-order valence-corrected chi connectivity index (χ0v) is 13.0. The maximum atomic E-state index is 12.1. The third kappa shape index (κ3) is 4.08. The highest BCUT2D eigenvalue weighted by molar-refractivity contribution is 5.91. The summed E-state index contributed by atoms with van der Waals surface area (Å²) in [7, 11) is 0. The molecule has 122 valence electrons. The number of hydrogen-bond donors (Lipinski definition) is 1. The second-order valence-corrected chi connectivity index (χ2v) is 4.90. The number of esters is 1. The molecule has 7 nitrogen and oxygen atoms in total. The lowest BCUT2D eigenvalue weighted by Gasteiger charge is -2.08. The van der Waals surface area contributed by atoms with Crippen molar-refractivity contribution in [3.63, 3.8) is 0 Å². The highest BCUT2D eigenvalue weighted by Crippen LogP contribution is 2.25. The van der Waals surface area contributed by atoms with Gasteiger partial charge in [0, 0.05) is 12.6 Å². The number of anilines is 1. The maximum Gasteiger partial charge on any atom is 0.338 e. The van der Waals surface area contributed by atoms with Gasteiger partial charge in [0.2, 0.25) is 0 Å². The molecule has 0 aliphatic carbocycles. The molecule has 7 heteroatoms. The van der Waals surface area contributed by atoms with Gasteiger partial charge >= 0.3 is 5.97 Å². The number of nitrogens with zero attached hydrogens (tertiary/aromatic N) is 2. The number of nitro groups is 1. The van der Waals surface area contributed by atoms with Crippen LogP contribution in [0, 0.1) is 21.4 Å². The quantitative estimate of drug-likeness (QED) is 0.496. The van der Waals surface area contributed by atoms with E-state index in [9.17, 15) is 14.9 Å². The third-order valence-electron chi connectivity index (χ3n) is 3.25. The summed E-state index contributed by atoms with van der Waals surface area (Å²) >= 11 is 0. The molecule has 2 aromatic rings. The molecule has 0 saturated carbocycles. The number of nitro benzene ring substituents is 1. The number of rotatable bonds is 6. The van der Waals surface area contributed by atoms with E-state index in [1.54, 1.807) is 24.3 Å². The fourth-order valence-corrected chi connectivity index (χ4v) is 2.06. The molecule has 0 aromatic heterocycles. The first-order valence-corrected chi connectivity index (χ1v) is 7.23. The topological polar surface area (TPSA) is 105 Å². The minimum atomic E-state index is -0.648. The highest BCUT2D eigenvalue weighted by Gasteiger charge is 2.18. The molecule has 24 heavy (non-hydrogen) atoms. The summed E-state index contributed by atoms with van der Waals surface area (Å²) in [6, 6.07) is 12.8. The van der Waals surface area contributed by atoms with Crippen molar-refractivity contribution in [2.45, 2.75) is 13.5 Å². The predicted molar refractivity (Wildman–Crippen MR) is 87.5 cm³/mol. The van der Waals surface area contributed by atoms with Crippen LogP contribution in [-0.2, 0) is 11.3 Å². The number of nitrogens with one attached hydrogen (secondary N) is 1. The first-order chi connectivity index (χ1) is 11.5. The molecule has 1 N–H and O–H groups in total. The van der Waals surface area contributed by atoms with Crippen LogP contribution in [0.25, 0.3) is 0 Å². The Bertz CT molecular complexity index is 794. The third-order valence-corrected chi connectivity index (χ3v) is 3.25. The summed E-state index contributed by atoms with van der Waals surface area (Å²) in [5, 5.41) is 22.7. The van der Waals surface area contributed by atoms with E-state index in [0.29, 0.717) is 17.8 Å². The number of benzene rings is 2. The Morgan fingerprint density at radius 3 is 2.58 bits per heavy atom. The second kappa shape index (κ2) is 7.74. The van der Waals surface area contributed by atoms with Crippen molar-refractivity contribution < 1.29 is 14.5 Å². The van der Waals surface area contributed by atoms with Crippen molar-refractivity contribution in [3.8, 4) is 6.07 Å². The molecule has 0 radical (unpaired) electrons.